The summed E-state index contributed by atoms with van der Waals surface area (Å²) in [6.45, 7) is -0.0208. The van der Waals surface area contributed by atoms with Crippen molar-refractivity contribution in [3.05, 3.63) is 35.7 Å². The molecule has 0 fully saturated rings. The zero-order valence-electron chi connectivity index (χ0n) is 6.47. The van der Waals surface area contributed by atoms with Gasteiger partial charge in [-0.15, -0.1) is 0 Å². The van der Waals surface area contributed by atoms with Crippen LogP contribution in [0.3, 0.4) is 0 Å². The lowest BCUT2D eigenvalue weighted by atomic mass is 10.2. The zero-order chi connectivity index (χ0) is 8.81. The molecule has 0 aliphatic heterocycles. The van der Waals surface area contributed by atoms with E-state index in [0.29, 0.717) is 11.3 Å². The number of aliphatic hydroxyl groups is 1. The van der Waals surface area contributed by atoms with E-state index in [4.69, 9.17) is 5.11 Å². The second-order valence-corrected chi connectivity index (χ2v) is 2.22. The summed E-state index contributed by atoms with van der Waals surface area (Å²) in [7, 11) is 0. The molecule has 1 rings (SSSR count). The standard InChI is InChI=1S/C9H9NO2/c11-5-1-2-9-6-8(7-12)3-4-10-9/h1-4,6-7,11H,5H2. The predicted octanol–water partition coefficient (Wildman–Crippen LogP) is 0.900. The van der Waals surface area contributed by atoms with Crippen molar-refractivity contribution < 1.29 is 9.90 Å². The fraction of sp³-hybridized carbons (Fsp3) is 0.111. The maximum Gasteiger partial charge on any atom is 0.150 e. The van der Waals surface area contributed by atoms with Gasteiger partial charge in [-0.2, -0.15) is 0 Å². The topological polar surface area (TPSA) is 50.2 Å². The minimum absolute atomic E-state index is 0.0208. The van der Waals surface area contributed by atoms with Crippen LogP contribution in [0.5, 0.6) is 0 Å². The molecule has 1 aromatic rings. The molecule has 3 heteroatoms. The predicted molar refractivity (Wildman–Crippen MR) is 45.7 cm³/mol. The van der Waals surface area contributed by atoms with Gasteiger partial charge in [0.2, 0.25) is 0 Å². The number of nitrogens with zero attached hydrogens (tertiary/aromatic N) is 1. The van der Waals surface area contributed by atoms with E-state index in [1.807, 2.05) is 0 Å². The smallest absolute Gasteiger partial charge is 0.150 e. The van der Waals surface area contributed by atoms with Crippen molar-refractivity contribution in [2.45, 2.75) is 0 Å². The molecule has 0 aliphatic rings. The second-order valence-electron chi connectivity index (χ2n) is 2.22. The molecule has 0 aliphatic carbocycles. The zero-order valence-corrected chi connectivity index (χ0v) is 6.47. The van der Waals surface area contributed by atoms with Gasteiger partial charge in [0.05, 0.1) is 12.3 Å². The lowest BCUT2D eigenvalue weighted by Crippen LogP contribution is -1.85. The van der Waals surface area contributed by atoms with Crippen molar-refractivity contribution in [3.63, 3.8) is 0 Å². The largest absolute Gasteiger partial charge is 0.392 e. The molecular weight excluding hydrogens is 154 g/mol. The van der Waals surface area contributed by atoms with E-state index in [1.165, 1.54) is 0 Å². The highest BCUT2D eigenvalue weighted by Crippen LogP contribution is 2.00. The van der Waals surface area contributed by atoms with Crippen LogP contribution in [0, 0.1) is 0 Å². The fourth-order valence-electron chi connectivity index (χ4n) is 0.803. The SMILES string of the molecule is O=Cc1ccnc(C=CCO)c1. The van der Waals surface area contributed by atoms with E-state index < -0.39 is 0 Å². The number of rotatable bonds is 3. The highest BCUT2D eigenvalue weighted by Gasteiger charge is 1.90. The molecule has 0 bridgehead atoms. The van der Waals surface area contributed by atoms with Crippen molar-refractivity contribution in [3.8, 4) is 0 Å². The van der Waals surface area contributed by atoms with E-state index in [1.54, 1.807) is 30.5 Å². The van der Waals surface area contributed by atoms with Crippen molar-refractivity contribution in [1.82, 2.24) is 4.98 Å². The summed E-state index contributed by atoms with van der Waals surface area (Å²) >= 11 is 0. The van der Waals surface area contributed by atoms with Gasteiger partial charge in [0.1, 0.15) is 6.29 Å². The number of carbonyl (C=O) groups excluding carboxylic acids is 1. The third-order valence-corrected chi connectivity index (χ3v) is 1.34. The summed E-state index contributed by atoms with van der Waals surface area (Å²) in [5.74, 6) is 0. The first-order valence-electron chi connectivity index (χ1n) is 3.55. The molecule has 3 nitrogen and oxygen atoms in total. The number of carbonyl (C=O) groups is 1. The van der Waals surface area contributed by atoms with Gasteiger partial charge < -0.3 is 5.11 Å². The maximum absolute atomic E-state index is 10.3. The number of pyridine rings is 1. The number of aromatic nitrogens is 1. The molecule has 1 aromatic heterocycles. The summed E-state index contributed by atoms with van der Waals surface area (Å²) in [5.41, 5.74) is 1.26. The van der Waals surface area contributed by atoms with E-state index in [2.05, 4.69) is 4.98 Å². The van der Waals surface area contributed by atoms with Gasteiger partial charge in [-0.05, 0) is 18.2 Å². The van der Waals surface area contributed by atoms with Crippen LogP contribution in [0.1, 0.15) is 16.1 Å². The van der Waals surface area contributed by atoms with E-state index >= 15 is 0 Å². The lowest BCUT2D eigenvalue weighted by Gasteiger charge is -1.92. The Kier molecular flexibility index (Phi) is 3.17. The Labute approximate surface area is 70.4 Å². The van der Waals surface area contributed by atoms with E-state index in [9.17, 15) is 4.79 Å². The van der Waals surface area contributed by atoms with Gasteiger partial charge in [0.15, 0.2) is 0 Å². The Morgan fingerprint density at radius 1 is 1.58 bits per heavy atom. The average Bonchev–Trinajstić information content (AvgIpc) is 2.15. The molecule has 0 spiro atoms. The molecule has 0 saturated heterocycles. The number of hydrogen-bond acceptors (Lipinski definition) is 3. The van der Waals surface area contributed by atoms with E-state index in [0.717, 1.165) is 6.29 Å². The molecule has 0 saturated carbocycles. The van der Waals surface area contributed by atoms with Gasteiger partial charge in [-0.3, -0.25) is 9.78 Å². The minimum atomic E-state index is -0.0208. The van der Waals surface area contributed by atoms with Crippen LogP contribution in [-0.4, -0.2) is 23.0 Å². The molecule has 0 aromatic carbocycles. The number of aliphatic hydroxyl groups excluding tert-OH is 1. The monoisotopic (exact) mass is 163 g/mol. The van der Waals surface area contributed by atoms with Crippen LogP contribution >= 0.6 is 0 Å². The van der Waals surface area contributed by atoms with Gasteiger partial charge >= 0.3 is 0 Å². The average molecular weight is 163 g/mol. The van der Waals surface area contributed by atoms with Crippen LogP contribution in [0.25, 0.3) is 6.08 Å². The normalized spacial score (nSPS) is 10.4. The van der Waals surface area contributed by atoms with Crippen molar-refractivity contribution >= 4 is 12.4 Å². The van der Waals surface area contributed by atoms with Gasteiger partial charge in [0.25, 0.3) is 0 Å². The lowest BCUT2D eigenvalue weighted by molar-refractivity contribution is 0.112. The van der Waals surface area contributed by atoms with Crippen LogP contribution in [-0.2, 0) is 0 Å². The van der Waals surface area contributed by atoms with Gasteiger partial charge in [-0.1, -0.05) is 6.08 Å². The molecule has 62 valence electrons. The minimum Gasteiger partial charge on any atom is -0.392 e. The third kappa shape index (κ3) is 2.29. The van der Waals surface area contributed by atoms with Gasteiger partial charge in [0, 0.05) is 11.8 Å². The molecule has 0 unspecified atom stereocenters. The summed E-state index contributed by atoms with van der Waals surface area (Å²) in [5, 5.41) is 8.47. The van der Waals surface area contributed by atoms with Crippen molar-refractivity contribution in [2.24, 2.45) is 0 Å². The van der Waals surface area contributed by atoms with Crippen molar-refractivity contribution in [2.75, 3.05) is 6.61 Å². The molecule has 1 heterocycles. The third-order valence-electron chi connectivity index (χ3n) is 1.34. The number of aldehydes is 1. The fourth-order valence-corrected chi connectivity index (χ4v) is 0.803. The molecule has 12 heavy (non-hydrogen) atoms. The van der Waals surface area contributed by atoms with Crippen LogP contribution < -0.4 is 0 Å². The van der Waals surface area contributed by atoms with Gasteiger partial charge in [-0.25, -0.2) is 0 Å². The Morgan fingerprint density at radius 2 is 2.42 bits per heavy atom. The first kappa shape index (κ1) is 8.62. The molecule has 0 amide bonds. The Hall–Kier alpha value is -1.48. The Morgan fingerprint density at radius 3 is 3.08 bits per heavy atom. The summed E-state index contributed by atoms with van der Waals surface area (Å²) in [6, 6.07) is 3.28. The van der Waals surface area contributed by atoms with Crippen molar-refractivity contribution in [1.29, 1.82) is 0 Å². The summed E-state index contributed by atoms with van der Waals surface area (Å²) < 4.78 is 0. The summed E-state index contributed by atoms with van der Waals surface area (Å²) in [6.07, 6.45) is 5.54. The van der Waals surface area contributed by atoms with Crippen LogP contribution in [0.15, 0.2) is 24.4 Å². The highest BCUT2D eigenvalue weighted by atomic mass is 16.2. The Balaban J connectivity index is 2.86. The number of hydrogen-bond donors (Lipinski definition) is 1. The molecule has 1 N–H and O–H groups in total. The van der Waals surface area contributed by atoms with Crippen LogP contribution in [0.2, 0.25) is 0 Å². The van der Waals surface area contributed by atoms with E-state index in [-0.39, 0.29) is 6.61 Å². The quantitative estimate of drug-likeness (QED) is 0.673. The maximum atomic E-state index is 10.3. The highest BCUT2D eigenvalue weighted by molar-refractivity contribution is 5.75. The van der Waals surface area contributed by atoms with Crippen LogP contribution in [0.4, 0.5) is 0 Å². The first-order valence-corrected chi connectivity index (χ1v) is 3.55. The molecule has 0 atom stereocenters. The molecular formula is C9H9NO2. The first-order chi connectivity index (χ1) is 5.86. The Bertz CT molecular complexity index is 294. The summed E-state index contributed by atoms with van der Waals surface area (Å²) in [4.78, 5) is 14.3. The molecule has 0 radical (unpaired) electrons. The second kappa shape index (κ2) is 4.41.